The number of rotatable bonds is 5. The summed E-state index contributed by atoms with van der Waals surface area (Å²) in [4.78, 5) is 37.2. The summed E-state index contributed by atoms with van der Waals surface area (Å²) in [5.74, 6) is -0.586. The SMILES string of the molecule is CNC(=O)[C@@H]1CCN(C(=O)Nc2cc(NC(=O)COC)ccc2Cl)C1. The molecule has 0 saturated carbocycles. The van der Waals surface area contributed by atoms with Gasteiger partial charge in [-0.2, -0.15) is 0 Å². The lowest BCUT2D eigenvalue weighted by atomic mass is 10.1. The standard InChI is InChI=1S/C16H21ClN4O4/c1-18-15(23)10-5-6-21(8-10)16(24)20-13-7-11(3-4-12(13)17)19-14(22)9-25-2/h3-4,7,10H,5-6,8-9H2,1-2H3,(H,18,23)(H,19,22)(H,20,24)/t10-/m1/s1. The first-order chi connectivity index (χ1) is 11.9. The van der Waals surface area contributed by atoms with Crippen LogP contribution in [0.15, 0.2) is 18.2 Å². The van der Waals surface area contributed by atoms with E-state index in [0.717, 1.165) is 0 Å². The number of hydrogen-bond donors (Lipinski definition) is 3. The van der Waals surface area contributed by atoms with Crippen LogP contribution in [0.3, 0.4) is 0 Å². The Morgan fingerprint density at radius 2 is 2.08 bits per heavy atom. The van der Waals surface area contributed by atoms with Crippen molar-refractivity contribution in [2.24, 2.45) is 5.92 Å². The second-order valence-electron chi connectivity index (χ2n) is 5.65. The van der Waals surface area contributed by atoms with Gasteiger partial charge in [-0.3, -0.25) is 9.59 Å². The van der Waals surface area contributed by atoms with Crippen LogP contribution in [0.2, 0.25) is 5.02 Å². The molecule has 8 nitrogen and oxygen atoms in total. The van der Waals surface area contributed by atoms with Gasteiger partial charge in [0.05, 0.1) is 16.6 Å². The molecule has 3 N–H and O–H groups in total. The average Bonchev–Trinajstić information content (AvgIpc) is 3.07. The highest BCUT2D eigenvalue weighted by Gasteiger charge is 2.30. The summed E-state index contributed by atoms with van der Waals surface area (Å²) in [5.41, 5.74) is 0.872. The molecule has 2 rings (SSSR count). The van der Waals surface area contributed by atoms with Crippen molar-refractivity contribution >= 4 is 40.8 Å². The molecule has 1 aromatic carbocycles. The van der Waals surface area contributed by atoms with Gasteiger partial charge in [-0.15, -0.1) is 0 Å². The smallest absolute Gasteiger partial charge is 0.321 e. The van der Waals surface area contributed by atoms with Gasteiger partial charge in [-0.25, -0.2) is 4.79 Å². The number of hydrogen-bond acceptors (Lipinski definition) is 4. The second kappa shape index (κ2) is 8.68. The lowest BCUT2D eigenvalue weighted by molar-refractivity contribution is -0.124. The van der Waals surface area contributed by atoms with Gasteiger partial charge >= 0.3 is 6.03 Å². The van der Waals surface area contributed by atoms with E-state index in [0.29, 0.717) is 35.9 Å². The van der Waals surface area contributed by atoms with Gasteiger partial charge in [0.1, 0.15) is 6.61 Å². The summed E-state index contributed by atoms with van der Waals surface area (Å²) >= 11 is 6.11. The number of carbonyl (C=O) groups is 3. The van der Waals surface area contributed by atoms with Crippen LogP contribution in [-0.4, -0.2) is 56.6 Å². The monoisotopic (exact) mass is 368 g/mol. The van der Waals surface area contributed by atoms with E-state index in [1.165, 1.54) is 7.11 Å². The Morgan fingerprint density at radius 1 is 1.32 bits per heavy atom. The van der Waals surface area contributed by atoms with Crippen molar-refractivity contribution in [1.82, 2.24) is 10.2 Å². The van der Waals surface area contributed by atoms with Crippen LogP contribution >= 0.6 is 11.6 Å². The quantitative estimate of drug-likeness (QED) is 0.733. The molecule has 136 valence electrons. The first kappa shape index (κ1) is 19.0. The molecule has 1 aliphatic heterocycles. The zero-order chi connectivity index (χ0) is 18.4. The highest BCUT2D eigenvalue weighted by Crippen LogP contribution is 2.26. The molecule has 1 aromatic rings. The first-order valence-corrected chi connectivity index (χ1v) is 8.18. The molecule has 0 spiro atoms. The minimum atomic E-state index is -0.339. The molecule has 1 aliphatic rings. The molecule has 1 atom stereocenters. The Morgan fingerprint density at radius 3 is 2.76 bits per heavy atom. The Hall–Kier alpha value is -2.32. The van der Waals surface area contributed by atoms with Crippen LogP contribution in [0.5, 0.6) is 0 Å². The number of likely N-dealkylation sites (tertiary alicyclic amines) is 1. The van der Waals surface area contributed by atoms with E-state index in [-0.39, 0.29) is 30.4 Å². The molecule has 0 aromatic heterocycles. The molecule has 9 heteroatoms. The third kappa shape index (κ3) is 5.07. The van der Waals surface area contributed by atoms with Crippen molar-refractivity contribution in [2.45, 2.75) is 6.42 Å². The molecule has 1 heterocycles. The summed E-state index contributed by atoms with van der Waals surface area (Å²) in [7, 11) is 3.00. The largest absolute Gasteiger partial charge is 0.375 e. The van der Waals surface area contributed by atoms with Gasteiger partial charge in [-0.1, -0.05) is 11.6 Å². The van der Waals surface area contributed by atoms with E-state index in [9.17, 15) is 14.4 Å². The minimum absolute atomic E-state index is 0.0705. The number of carbonyl (C=O) groups excluding carboxylic acids is 3. The maximum Gasteiger partial charge on any atom is 0.321 e. The van der Waals surface area contributed by atoms with E-state index in [4.69, 9.17) is 16.3 Å². The number of anilines is 2. The van der Waals surface area contributed by atoms with E-state index in [1.54, 1.807) is 30.1 Å². The summed E-state index contributed by atoms with van der Waals surface area (Å²) in [6.07, 6.45) is 0.619. The number of nitrogens with zero attached hydrogens (tertiary/aromatic N) is 1. The van der Waals surface area contributed by atoms with Crippen molar-refractivity contribution in [3.63, 3.8) is 0 Å². The van der Waals surface area contributed by atoms with Crippen molar-refractivity contribution in [3.05, 3.63) is 23.2 Å². The van der Waals surface area contributed by atoms with E-state index in [2.05, 4.69) is 16.0 Å². The second-order valence-corrected chi connectivity index (χ2v) is 6.06. The van der Waals surface area contributed by atoms with Gasteiger partial charge < -0.3 is 25.6 Å². The van der Waals surface area contributed by atoms with Gasteiger partial charge in [-0.05, 0) is 24.6 Å². The molecule has 25 heavy (non-hydrogen) atoms. The predicted molar refractivity (Wildman–Crippen MR) is 94.7 cm³/mol. The van der Waals surface area contributed by atoms with Crippen molar-refractivity contribution in [2.75, 3.05) is 44.5 Å². The van der Waals surface area contributed by atoms with Gasteiger partial charge in [0, 0.05) is 32.9 Å². The molecule has 1 saturated heterocycles. The zero-order valence-electron chi connectivity index (χ0n) is 14.1. The highest BCUT2D eigenvalue weighted by molar-refractivity contribution is 6.33. The molecule has 0 aliphatic carbocycles. The Balaban J connectivity index is 2.00. The van der Waals surface area contributed by atoms with Crippen LogP contribution in [0.1, 0.15) is 6.42 Å². The summed E-state index contributed by atoms with van der Waals surface area (Å²) in [5, 5.41) is 8.30. The number of benzene rings is 1. The average molecular weight is 369 g/mol. The topological polar surface area (TPSA) is 99.8 Å². The van der Waals surface area contributed by atoms with Crippen LogP contribution < -0.4 is 16.0 Å². The van der Waals surface area contributed by atoms with Crippen LogP contribution in [0, 0.1) is 5.92 Å². The molecular formula is C16H21ClN4O4. The van der Waals surface area contributed by atoms with Gasteiger partial charge in [0.2, 0.25) is 11.8 Å². The highest BCUT2D eigenvalue weighted by atomic mass is 35.5. The fourth-order valence-electron chi connectivity index (χ4n) is 2.58. The number of nitrogens with one attached hydrogen (secondary N) is 3. The van der Waals surface area contributed by atoms with E-state index < -0.39 is 0 Å². The summed E-state index contributed by atoms with van der Waals surface area (Å²) < 4.78 is 4.75. The van der Waals surface area contributed by atoms with Gasteiger partial charge in [0.15, 0.2) is 0 Å². The van der Waals surface area contributed by atoms with Crippen LogP contribution in [-0.2, 0) is 14.3 Å². The molecular weight excluding hydrogens is 348 g/mol. The van der Waals surface area contributed by atoms with Crippen LogP contribution in [0.25, 0.3) is 0 Å². The normalized spacial score (nSPS) is 16.4. The Kier molecular flexibility index (Phi) is 6.60. The fourth-order valence-corrected chi connectivity index (χ4v) is 2.75. The minimum Gasteiger partial charge on any atom is -0.375 e. The molecule has 4 amide bonds. The van der Waals surface area contributed by atoms with E-state index in [1.807, 2.05) is 0 Å². The summed E-state index contributed by atoms with van der Waals surface area (Å²) in [6.45, 7) is 0.776. The number of amides is 4. The van der Waals surface area contributed by atoms with Crippen molar-refractivity contribution in [1.29, 1.82) is 0 Å². The lowest BCUT2D eigenvalue weighted by Crippen LogP contribution is -2.35. The maximum atomic E-state index is 12.4. The predicted octanol–water partition coefficient (Wildman–Crippen LogP) is 1.52. The number of ether oxygens (including phenoxy) is 1. The summed E-state index contributed by atoms with van der Waals surface area (Å²) in [6, 6.07) is 4.44. The molecule has 1 fully saturated rings. The fraction of sp³-hybridized carbons (Fsp3) is 0.438. The number of methoxy groups -OCH3 is 1. The third-order valence-electron chi connectivity index (χ3n) is 3.86. The lowest BCUT2D eigenvalue weighted by Gasteiger charge is -2.18. The zero-order valence-corrected chi connectivity index (χ0v) is 14.9. The Bertz CT molecular complexity index is 668. The van der Waals surface area contributed by atoms with Crippen molar-refractivity contribution in [3.8, 4) is 0 Å². The number of halogens is 1. The maximum absolute atomic E-state index is 12.4. The van der Waals surface area contributed by atoms with E-state index >= 15 is 0 Å². The third-order valence-corrected chi connectivity index (χ3v) is 4.19. The Labute approximate surface area is 150 Å². The molecule has 0 bridgehead atoms. The van der Waals surface area contributed by atoms with Gasteiger partial charge in [0.25, 0.3) is 0 Å². The first-order valence-electron chi connectivity index (χ1n) is 7.80. The van der Waals surface area contributed by atoms with Crippen LogP contribution in [0.4, 0.5) is 16.2 Å². The molecule has 0 radical (unpaired) electrons. The van der Waals surface area contributed by atoms with Crippen molar-refractivity contribution < 1.29 is 19.1 Å². The number of urea groups is 1. The molecule has 0 unspecified atom stereocenters.